The van der Waals surface area contributed by atoms with Gasteiger partial charge >= 0.3 is 6.18 Å². The van der Waals surface area contributed by atoms with Crippen molar-refractivity contribution in [3.63, 3.8) is 0 Å². The summed E-state index contributed by atoms with van der Waals surface area (Å²) in [4.78, 5) is 0. The lowest BCUT2D eigenvalue weighted by Gasteiger charge is -2.14. The molecule has 0 spiro atoms. The number of benzene rings is 2. The zero-order valence-electron chi connectivity index (χ0n) is 10.3. The molecular weight excluding hydrogens is 353 g/mol. The van der Waals surface area contributed by atoms with Crippen LogP contribution in [0.2, 0.25) is 0 Å². The normalized spacial score (nSPS) is 13.2. The lowest BCUT2D eigenvalue weighted by Crippen LogP contribution is -2.07. The third-order valence-corrected chi connectivity index (χ3v) is 4.01. The summed E-state index contributed by atoms with van der Waals surface area (Å²) >= 11 is 9.15. The Morgan fingerprint density at radius 1 is 1.05 bits per heavy atom. The fourth-order valence-electron chi connectivity index (χ4n) is 1.89. The van der Waals surface area contributed by atoms with E-state index in [-0.39, 0.29) is 4.47 Å². The van der Waals surface area contributed by atoms with Crippen LogP contribution in [0.15, 0.2) is 53.0 Å². The molecular formula is C15H11BrClF3. The van der Waals surface area contributed by atoms with E-state index in [2.05, 4.69) is 15.9 Å². The molecule has 0 bridgehead atoms. The van der Waals surface area contributed by atoms with E-state index in [1.165, 1.54) is 6.07 Å². The Hall–Kier alpha value is -1.00. The van der Waals surface area contributed by atoms with Crippen molar-refractivity contribution in [2.24, 2.45) is 0 Å². The van der Waals surface area contributed by atoms with E-state index in [9.17, 15) is 13.2 Å². The van der Waals surface area contributed by atoms with Gasteiger partial charge in [-0.25, -0.2) is 0 Å². The molecule has 2 aromatic carbocycles. The van der Waals surface area contributed by atoms with Crippen LogP contribution in [0, 0.1) is 0 Å². The Bertz CT molecular complexity index is 581. The molecule has 0 N–H and O–H groups in total. The van der Waals surface area contributed by atoms with Crippen LogP contribution in [0.25, 0.3) is 0 Å². The molecule has 0 fully saturated rings. The SMILES string of the molecule is FC(F)(F)c1cc(C(Cl)Cc2ccccc2)ccc1Br. The van der Waals surface area contributed by atoms with Gasteiger partial charge in [-0.1, -0.05) is 52.3 Å². The first-order chi connectivity index (χ1) is 9.38. The van der Waals surface area contributed by atoms with Gasteiger partial charge in [0.05, 0.1) is 10.9 Å². The summed E-state index contributed by atoms with van der Waals surface area (Å²) in [6.45, 7) is 0. The average Bonchev–Trinajstić information content (AvgIpc) is 2.39. The van der Waals surface area contributed by atoms with Crippen molar-refractivity contribution in [3.05, 3.63) is 69.7 Å². The van der Waals surface area contributed by atoms with Crippen molar-refractivity contribution in [1.82, 2.24) is 0 Å². The quantitative estimate of drug-likeness (QED) is 0.588. The molecule has 0 aliphatic heterocycles. The molecule has 0 nitrogen and oxygen atoms in total. The molecule has 2 rings (SSSR count). The second-order valence-electron chi connectivity index (χ2n) is 4.39. The molecule has 0 aliphatic carbocycles. The molecule has 2 aromatic rings. The van der Waals surface area contributed by atoms with Crippen LogP contribution in [0.4, 0.5) is 13.2 Å². The first-order valence-electron chi connectivity index (χ1n) is 5.92. The third-order valence-electron chi connectivity index (χ3n) is 2.92. The van der Waals surface area contributed by atoms with E-state index in [1.54, 1.807) is 6.07 Å². The molecule has 106 valence electrons. The van der Waals surface area contributed by atoms with Gasteiger partial charge in [-0.2, -0.15) is 13.2 Å². The van der Waals surface area contributed by atoms with Crippen LogP contribution < -0.4 is 0 Å². The molecule has 20 heavy (non-hydrogen) atoms. The van der Waals surface area contributed by atoms with Crippen LogP contribution in [0.1, 0.15) is 22.1 Å². The van der Waals surface area contributed by atoms with E-state index < -0.39 is 17.1 Å². The highest BCUT2D eigenvalue weighted by atomic mass is 79.9. The van der Waals surface area contributed by atoms with Crippen LogP contribution >= 0.6 is 27.5 Å². The lowest BCUT2D eigenvalue weighted by molar-refractivity contribution is -0.138. The highest BCUT2D eigenvalue weighted by Crippen LogP contribution is 2.37. The van der Waals surface area contributed by atoms with E-state index >= 15 is 0 Å². The van der Waals surface area contributed by atoms with Crippen molar-refractivity contribution in [3.8, 4) is 0 Å². The molecule has 0 radical (unpaired) electrons. The number of halogens is 5. The highest BCUT2D eigenvalue weighted by Gasteiger charge is 2.33. The van der Waals surface area contributed by atoms with Gasteiger partial charge in [0, 0.05) is 4.47 Å². The van der Waals surface area contributed by atoms with Gasteiger partial charge in [-0.15, -0.1) is 11.6 Å². The van der Waals surface area contributed by atoms with E-state index in [1.807, 2.05) is 30.3 Å². The summed E-state index contributed by atoms with van der Waals surface area (Å²) in [5.41, 5.74) is 0.753. The van der Waals surface area contributed by atoms with Crippen molar-refractivity contribution >= 4 is 27.5 Å². The van der Waals surface area contributed by atoms with Gasteiger partial charge in [-0.05, 0) is 29.7 Å². The van der Waals surface area contributed by atoms with Crippen LogP contribution in [-0.4, -0.2) is 0 Å². The summed E-state index contributed by atoms with van der Waals surface area (Å²) in [5, 5.41) is -0.494. The predicted molar refractivity (Wildman–Crippen MR) is 77.9 cm³/mol. The molecule has 1 unspecified atom stereocenters. The summed E-state index contributed by atoms with van der Waals surface area (Å²) in [7, 11) is 0. The summed E-state index contributed by atoms with van der Waals surface area (Å²) in [6.07, 6.45) is -3.90. The topological polar surface area (TPSA) is 0 Å². The van der Waals surface area contributed by atoms with Gasteiger partial charge in [0.2, 0.25) is 0 Å². The molecule has 0 amide bonds. The Balaban J connectivity index is 2.25. The summed E-state index contributed by atoms with van der Waals surface area (Å²) in [5.74, 6) is 0. The standard InChI is InChI=1S/C15H11BrClF3/c16-13-7-6-11(9-12(13)15(18,19)20)14(17)8-10-4-2-1-3-5-10/h1-7,9,14H,8H2. The third kappa shape index (κ3) is 3.76. The van der Waals surface area contributed by atoms with E-state index in [0.717, 1.165) is 11.6 Å². The lowest BCUT2D eigenvalue weighted by atomic mass is 10.0. The predicted octanol–water partition coefficient (Wildman–Crippen LogP) is 5.99. The first kappa shape index (κ1) is 15.4. The molecule has 0 heterocycles. The summed E-state index contributed by atoms with van der Waals surface area (Å²) < 4.78 is 38.6. The van der Waals surface area contributed by atoms with Crippen molar-refractivity contribution in [2.75, 3.05) is 0 Å². The maximum absolute atomic E-state index is 12.8. The molecule has 0 aliphatic rings. The van der Waals surface area contributed by atoms with Crippen molar-refractivity contribution in [2.45, 2.75) is 18.0 Å². The minimum Gasteiger partial charge on any atom is -0.166 e. The molecule has 1 atom stereocenters. The average molecular weight is 364 g/mol. The van der Waals surface area contributed by atoms with Crippen molar-refractivity contribution < 1.29 is 13.2 Å². The van der Waals surface area contributed by atoms with Crippen molar-refractivity contribution in [1.29, 1.82) is 0 Å². The molecule has 0 saturated heterocycles. The molecule has 5 heteroatoms. The van der Waals surface area contributed by atoms with Crippen LogP contribution in [-0.2, 0) is 12.6 Å². The second-order valence-corrected chi connectivity index (χ2v) is 5.78. The zero-order valence-corrected chi connectivity index (χ0v) is 12.6. The summed E-state index contributed by atoms with van der Waals surface area (Å²) in [6, 6.07) is 13.5. The van der Waals surface area contributed by atoms with Gasteiger partial charge < -0.3 is 0 Å². The first-order valence-corrected chi connectivity index (χ1v) is 7.15. The zero-order chi connectivity index (χ0) is 14.8. The largest absolute Gasteiger partial charge is 0.417 e. The van der Waals surface area contributed by atoms with Crippen LogP contribution in [0.5, 0.6) is 0 Å². The number of hydrogen-bond acceptors (Lipinski definition) is 0. The van der Waals surface area contributed by atoms with Gasteiger partial charge in [0.15, 0.2) is 0 Å². The fraction of sp³-hybridized carbons (Fsp3) is 0.200. The fourth-order valence-corrected chi connectivity index (χ4v) is 2.68. The minimum absolute atomic E-state index is 0.0253. The molecule has 0 aromatic heterocycles. The molecule has 0 saturated carbocycles. The van der Waals surface area contributed by atoms with E-state index in [4.69, 9.17) is 11.6 Å². The maximum atomic E-state index is 12.8. The second kappa shape index (κ2) is 6.19. The smallest absolute Gasteiger partial charge is 0.166 e. The monoisotopic (exact) mass is 362 g/mol. The number of rotatable bonds is 3. The number of hydrogen-bond donors (Lipinski definition) is 0. The Kier molecular flexibility index (Phi) is 4.76. The van der Waals surface area contributed by atoms with Gasteiger partial charge in [0.25, 0.3) is 0 Å². The maximum Gasteiger partial charge on any atom is 0.417 e. The van der Waals surface area contributed by atoms with Gasteiger partial charge in [-0.3, -0.25) is 0 Å². The Morgan fingerprint density at radius 3 is 2.30 bits per heavy atom. The highest BCUT2D eigenvalue weighted by molar-refractivity contribution is 9.10. The van der Waals surface area contributed by atoms with E-state index in [0.29, 0.717) is 12.0 Å². The van der Waals surface area contributed by atoms with Gasteiger partial charge in [0.1, 0.15) is 0 Å². The Morgan fingerprint density at radius 2 is 1.70 bits per heavy atom. The van der Waals surface area contributed by atoms with Crippen LogP contribution in [0.3, 0.4) is 0 Å². The number of alkyl halides is 4. The minimum atomic E-state index is -4.39. The Labute approximate surface area is 128 Å².